The van der Waals surface area contributed by atoms with Gasteiger partial charge in [-0.15, -0.1) is 0 Å². The van der Waals surface area contributed by atoms with E-state index in [1.165, 1.54) is 0 Å². The van der Waals surface area contributed by atoms with Crippen molar-refractivity contribution in [1.29, 1.82) is 0 Å². The van der Waals surface area contributed by atoms with E-state index in [2.05, 4.69) is 34.7 Å². The normalized spacial score (nSPS) is 10.1. The van der Waals surface area contributed by atoms with Crippen molar-refractivity contribution in [2.45, 2.75) is 20.8 Å². The summed E-state index contributed by atoms with van der Waals surface area (Å²) < 4.78 is 1.01. The van der Waals surface area contributed by atoms with Gasteiger partial charge >= 0.3 is 0 Å². The molecule has 0 saturated carbocycles. The lowest BCUT2D eigenvalue weighted by molar-refractivity contribution is 0.101. The van der Waals surface area contributed by atoms with E-state index < -0.39 is 0 Å². The molecule has 2 nitrogen and oxygen atoms in total. The van der Waals surface area contributed by atoms with Gasteiger partial charge in [0, 0.05) is 28.8 Å². The number of Topliss-reactive ketones (excluding diaryl/α,β-unsaturated/α-hetero) is 1. The van der Waals surface area contributed by atoms with Crippen molar-refractivity contribution in [2.75, 3.05) is 18.0 Å². The van der Waals surface area contributed by atoms with E-state index in [4.69, 9.17) is 0 Å². The number of carbonyl (C=O) groups excluding carboxylic acids is 1. The molecule has 0 spiro atoms. The third kappa shape index (κ3) is 2.81. The molecular weight excluding hydrogens is 254 g/mol. The van der Waals surface area contributed by atoms with Crippen LogP contribution in [0.25, 0.3) is 0 Å². The lowest BCUT2D eigenvalue weighted by Gasteiger charge is -2.23. The molecule has 0 amide bonds. The molecule has 1 aromatic carbocycles. The number of carbonyl (C=O) groups is 1. The van der Waals surface area contributed by atoms with Crippen LogP contribution in [-0.2, 0) is 0 Å². The topological polar surface area (TPSA) is 20.3 Å². The molecular formula is C12H16BrNO. The summed E-state index contributed by atoms with van der Waals surface area (Å²) in [5.41, 5.74) is 1.81. The molecule has 0 aliphatic rings. The predicted molar refractivity (Wildman–Crippen MR) is 67.7 cm³/mol. The zero-order valence-corrected chi connectivity index (χ0v) is 11.0. The quantitative estimate of drug-likeness (QED) is 0.780. The first-order valence-corrected chi connectivity index (χ1v) is 5.94. The minimum atomic E-state index is 0.115. The second-order valence-corrected chi connectivity index (χ2v) is 4.31. The van der Waals surface area contributed by atoms with E-state index in [9.17, 15) is 4.79 Å². The lowest BCUT2D eigenvalue weighted by atomic mass is 10.1. The molecule has 0 aromatic heterocycles. The van der Waals surface area contributed by atoms with Gasteiger partial charge in [-0.05, 0) is 39.0 Å². The van der Waals surface area contributed by atoms with Crippen LogP contribution in [0.2, 0.25) is 0 Å². The Hall–Kier alpha value is -0.830. The van der Waals surface area contributed by atoms with Crippen molar-refractivity contribution in [3.05, 3.63) is 28.2 Å². The molecule has 0 atom stereocenters. The average molecular weight is 270 g/mol. The maximum Gasteiger partial charge on any atom is 0.161 e. The molecule has 0 heterocycles. The summed E-state index contributed by atoms with van der Waals surface area (Å²) in [4.78, 5) is 13.7. The fourth-order valence-corrected chi connectivity index (χ4v) is 1.98. The summed E-state index contributed by atoms with van der Waals surface area (Å²) in [6, 6.07) is 5.79. The number of hydrogen-bond acceptors (Lipinski definition) is 2. The number of anilines is 1. The first kappa shape index (κ1) is 12.2. The van der Waals surface area contributed by atoms with Crippen LogP contribution < -0.4 is 4.90 Å². The van der Waals surface area contributed by atoms with Gasteiger partial charge in [0.25, 0.3) is 0 Å². The van der Waals surface area contributed by atoms with Crippen molar-refractivity contribution < 1.29 is 4.79 Å². The molecule has 0 bridgehead atoms. The minimum Gasteiger partial charge on any atom is -0.371 e. The largest absolute Gasteiger partial charge is 0.371 e. The maximum atomic E-state index is 11.5. The molecule has 15 heavy (non-hydrogen) atoms. The summed E-state index contributed by atoms with van der Waals surface area (Å²) in [5, 5.41) is 0. The van der Waals surface area contributed by atoms with E-state index in [0.29, 0.717) is 0 Å². The molecule has 1 rings (SSSR count). The van der Waals surface area contributed by atoms with Crippen molar-refractivity contribution >= 4 is 27.4 Å². The van der Waals surface area contributed by atoms with Crippen LogP contribution in [0, 0.1) is 0 Å². The molecule has 3 heteroatoms. The summed E-state index contributed by atoms with van der Waals surface area (Å²) in [6.45, 7) is 7.61. The van der Waals surface area contributed by atoms with E-state index in [1.807, 2.05) is 18.2 Å². The van der Waals surface area contributed by atoms with Gasteiger partial charge in [-0.25, -0.2) is 0 Å². The van der Waals surface area contributed by atoms with Crippen LogP contribution >= 0.6 is 15.9 Å². The van der Waals surface area contributed by atoms with Gasteiger partial charge in [0.05, 0.1) is 0 Å². The Morgan fingerprint density at radius 1 is 1.33 bits per heavy atom. The minimum absolute atomic E-state index is 0.115. The molecule has 0 aliphatic carbocycles. The first-order valence-electron chi connectivity index (χ1n) is 5.15. The maximum absolute atomic E-state index is 11.5. The standard InChI is InChI=1S/C12H16BrNO/c1-4-14(5-2)12-8-10(13)6-7-11(12)9(3)15/h6-8H,4-5H2,1-3H3. The fourth-order valence-electron chi connectivity index (χ4n) is 1.63. The van der Waals surface area contributed by atoms with Crippen LogP contribution in [0.1, 0.15) is 31.1 Å². The first-order chi connectivity index (χ1) is 7.10. The number of hydrogen-bond donors (Lipinski definition) is 0. The number of ketones is 1. The molecule has 0 N–H and O–H groups in total. The fraction of sp³-hybridized carbons (Fsp3) is 0.417. The van der Waals surface area contributed by atoms with E-state index in [-0.39, 0.29) is 5.78 Å². The van der Waals surface area contributed by atoms with Crippen LogP contribution in [0.4, 0.5) is 5.69 Å². The molecule has 82 valence electrons. The molecule has 1 aromatic rings. The van der Waals surface area contributed by atoms with Gasteiger partial charge in [-0.1, -0.05) is 15.9 Å². The van der Waals surface area contributed by atoms with Gasteiger partial charge in [-0.3, -0.25) is 4.79 Å². The lowest BCUT2D eigenvalue weighted by Crippen LogP contribution is -2.23. The molecule has 0 unspecified atom stereocenters. The van der Waals surface area contributed by atoms with Crippen molar-refractivity contribution in [3.63, 3.8) is 0 Å². The summed E-state index contributed by atoms with van der Waals surface area (Å²) >= 11 is 3.43. The van der Waals surface area contributed by atoms with Crippen molar-refractivity contribution in [2.24, 2.45) is 0 Å². The van der Waals surface area contributed by atoms with Gasteiger partial charge in [-0.2, -0.15) is 0 Å². The Balaban J connectivity index is 3.22. The highest BCUT2D eigenvalue weighted by atomic mass is 79.9. The van der Waals surface area contributed by atoms with Crippen molar-refractivity contribution in [1.82, 2.24) is 0 Å². The zero-order chi connectivity index (χ0) is 11.4. The number of halogens is 1. The zero-order valence-electron chi connectivity index (χ0n) is 9.38. The van der Waals surface area contributed by atoms with E-state index in [0.717, 1.165) is 28.8 Å². The predicted octanol–water partition coefficient (Wildman–Crippen LogP) is 3.50. The summed E-state index contributed by atoms with van der Waals surface area (Å²) in [7, 11) is 0. The van der Waals surface area contributed by atoms with Crippen LogP contribution in [0.3, 0.4) is 0 Å². The van der Waals surface area contributed by atoms with Crippen LogP contribution in [-0.4, -0.2) is 18.9 Å². The Morgan fingerprint density at radius 2 is 1.93 bits per heavy atom. The molecule has 0 saturated heterocycles. The smallest absolute Gasteiger partial charge is 0.161 e. The van der Waals surface area contributed by atoms with Crippen LogP contribution in [0.15, 0.2) is 22.7 Å². The number of nitrogens with zero attached hydrogens (tertiary/aromatic N) is 1. The third-order valence-corrected chi connectivity index (χ3v) is 2.94. The average Bonchev–Trinajstić information content (AvgIpc) is 2.19. The molecule has 0 fully saturated rings. The van der Waals surface area contributed by atoms with Gasteiger partial charge < -0.3 is 4.90 Å². The Kier molecular flexibility index (Phi) is 4.33. The van der Waals surface area contributed by atoms with Crippen LogP contribution in [0.5, 0.6) is 0 Å². The number of rotatable bonds is 4. The number of benzene rings is 1. The van der Waals surface area contributed by atoms with Gasteiger partial charge in [0.1, 0.15) is 0 Å². The highest BCUT2D eigenvalue weighted by Crippen LogP contribution is 2.25. The highest BCUT2D eigenvalue weighted by Gasteiger charge is 2.11. The highest BCUT2D eigenvalue weighted by molar-refractivity contribution is 9.10. The molecule has 0 aliphatic heterocycles. The SMILES string of the molecule is CCN(CC)c1cc(Br)ccc1C(C)=O. The van der Waals surface area contributed by atoms with Gasteiger partial charge in [0.2, 0.25) is 0 Å². The van der Waals surface area contributed by atoms with Gasteiger partial charge in [0.15, 0.2) is 5.78 Å². The Labute approximate surface area is 99.4 Å². The second kappa shape index (κ2) is 5.31. The van der Waals surface area contributed by atoms with E-state index in [1.54, 1.807) is 6.92 Å². The van der Waals surface area contributed by atoms with Crippen molar-refractivity contribution in [3.8, 4) is 0 Å². The Morgan fingerprint density at radius 3 is 2.40 bits per heavy atom. The Bertz CT molecular complexity index is 359. The second-order valence-electron chi connectivity index (χ2n) is 3.39. The molecule has 0 radical (unpaired) electrons. The monoisotopic (exact) mass is 269 g/mol. The summed E-state index contributed by atoms with van der Waals surface area (Å²) in [5.74, 6) is 0.115. The van der Waals surface area contributed by atoms with E-state index >= 15 is 0 Å². The third-order valence-electron chi connectivity index (χ3n) is 2.44. The summed E-state index contributed by atoms with van der Waals surface area (Å²) in [6.07, 6.45) is 0.